The number of alkyl halides is 3. The molecule has 0 saturated carbocycles. The molecule has 98 valence electrons. The van der Waals surface area contributed by atoms with Gasteiger partial charge in [-0.1, -0.05) is 12.1 Å². The summed E-state index contributed by atoms with van der Waals surface area (Å²) in [5, 5.41) is 0.396. The van der Waals surface area contributed by atoms with Crippen molar-refractivity contribution in [1.82, 2.24) is 5.43 Å². The Hall–Kier alpha value is -1.60. The number of nitrogens with two attached hydrogens (primary N) is 1. The lowest BCUT2D eigenvalue weighted by atomic mass is 10.1. The number of benzene rings is 1. The Morgan fingerprint density at radius 3 is 2.61 bits per heavy atom. The van der Waals surface area contributed by atoms with E-state index in [4.69, 9.17) is 10.3 Å². The van der Waals surface area contributed by atoms with E-state index in [-0.39, 0.29) is 11.3 Å². The number of fused-ring (bicyclic) bond motifs is 1. The Labute approximate surface area is 99.5 Å². The van der Waals surface area contributed by atoms with Crippen LogP contribution >= 0.6 is 0 Å². The molecular weight excluding hydrogens is 252 g/mol. The SMILES string of the molecule is NNC(CC(F)(F)F)c1cc2cccc(F)c2o1. The molecule has 0 bridgehead atoms. The predicted molar refractivity (Wildman–Crippen MR) is 56.9 cm³/mol. The van der Waals surface area contributed by atoms with Gasteiger partial charge in [0.05, 0.1) is 12.5 Å². The molecule has 1 aromatic heterocycles. The Morgan fingerprint density at radius 1 is 1.33 bits per heavy atom. The van der Waals surface area contributed by atoms with E-state index in [2.05, 4.69) is 0 Å². The largest absolute Gasteiger partial charge is 0.456 e. The molecule has 2 rings (SSSR count). The van der Waals surface area contributed by atoms with Gasteiger partial charge in [-0.15, -0.1) is 0 Å². The van der Waals surface area contributed by atoms with Crippen LogP contribution in [0.5, 0.6) is 0 Å². The molecular formula is C11H10F4N2O. The van der Waals surface area contributed by atoms with E-state index in [0.717, 1.165) is 0 Å². The molecule has 0 fully saturated rings. The lowest BCUT2D eigenvalue weighted by Gasteiger charge is -2.15. The molecule has 18 heavy (non-hydrogen) atoms. The fourth-order valence-electron chi connectivity index (χ4n) is 1.69. The summed E-state index contributed by atoms with van der Waals surface area (Å²) < 4.78 is 55.3. The van der Waals surface area contributed by atoms with Gasteiger partial charge in [0, 0.05) is 5.39 Å². The van der Waals surface area contributed by atoms with Crippen molar-refractivity contribution < 1.29 is 22.0 Å². The molecule has 0 aliphatic rings. The van der Waals surface area contributed by atoms with Crippen LogP contribution in [0.25, 0.3) is 11.0 Å². The average Bonchev–Trinajstić information content (AvgIpc) is 2.70. The number of hydrazine groups is 1. The van der Waals surface area contributed by atoms with Gasteiger partial charge in [-0.3, -0.25) is 5.84 Å². The van der Waals surface area contributed by atoms with Gasteiger partial charge in [0.2, 0.25) is 0 Å². The van der Waals surface area contributed by atoms with Crippen LogP contribution in [-0.4, -0.2) is 6.18 Å². The van der Waals surface area contributed by atoms with Gasteiger partial charge >= 0.3 is 6.18 Å². The number of halogens is 4. The van der Waals surface area contributed by atoms with Gasteiger partial charge in [-0.05, 0) is 12.1 Å². The zero-order valence-electron chi connectivity index (χ0n) is 9.09. The minimum Gasteiger partial charge on any atom is -0.456 e. The summed E-state index contributed by atoms with van der Waals surface area (Å²) in [6.45, 7) is 0. The summed E-state index contributed by atoms with van der Waals surface area (Å²) >= 11 is 0. The van der Waals surface area contributed by atoms with Gasteiger partial charge in [-0.25, -0.2) is 9.82 Å². The Bertz CT molecular complexity index is 549. The van der Waals surface area contributed by atoms with Gasteiger partial charge in [0.15, 0.2) is 11.4 Å². The van der Waals surface area contributed by atoms with E-state index in [1.165, 1.54) is 18.2 Å². The maximum atomic E-state index is 13.3. The topological polar surface area (TPSA) is 51.2 Å². The second-order valence-electron chi connectivity index (χ2n) is 3.85. The Kier molecular flexibility index (Phi) is 3.27. The van der Waals surface area contributed by atoms with Crippen LogP contribution in [0.3, 0.4) is 0 Å². The van der Waals surface area contributed by atoms with E-state index in [0.29, 0.717) is 5.39 Å². The van der Waals surface area contributed by atoms with Crippen LogP contribution < -0.4 is 11.3 Å². The molecule has 3 N–H and O–H groups in total. The van der Waals surface area contributed by atoms with E-state index < -0.39 is 24.5 Å². The summed E-state index contributed by atoms with van der Waals surface area (Å²) in [5.41, 5.74) is 1.94. The summed E-state index contributed by atoms with van der Waals surface area (Å²) in [6, 6.07) is 4.27. The predicted octanol–water partition coefficient (Wildman–Crippen LogP) is 3.03. The molecule has 3 nitrogen and oxygen atoms in total. The highest BCUT2D eigenvalue weighted by molar-refractivity contribution is 5.78. The molecule has 1 unspecified atom stereocenters. The fourth-order valence-corrected chi connectivity index (χ4v) is 1.69. The number of nitrogens with one attached hydrogen (secondary N) is 1. The van der Waals surface area contributed by atoms with Crippen molar-refractivity contribution in [2.45, 2.75) is 18.6 Å². The third kappa shape index (κ3) is 2.62. The maximum absolute atomic E-state index is 13.3. The fraction of sp³-hybridized carbons (Fsp3) is 0.273. The molecule has 2 aromatic rings. The lowest BCUT2D eigenvalue weighted by Crippen LogP contribution is -2.31. The highest BCUT2D eigenvalue weighted by Crippen LogP contribution is 2.32. The smallest absolute Gasteiger partial charge is 0.391 e. The lowest BCUT2D eigenvalue weighted by molar-refractivity contribution is -0.141. The third-order valence-corrected chi connectivity index (χ3v) is 2.50. The standard InChI is InChI=1S/C11H10F4N2O/c12-7-3-1-2-6-4-9(18-10(6)7)8(17-16)5-11(13,14)15/h1-4,8,17H,5,16H2. The van der Waals surface area contributed by atoms with Crippen molar-refractivity contribution in [1.29, 1.82) is 0 Å². The molecule has 0 amide bonds. The van der Waals surface area contributed by atoms with Crippen molar-refractivity contribution in [2.24, 2.45) is 5.84 Å². The van der Waals surface area contributed by atoms with Crippen molar-refractivity contribution >= 4 is 11.0 Å². The molecule has 1 heterocycles. The molecule has 0 aliphatic heterocycles. The normalized spacial score (nSPS) is 14.1. The van der Waals surface area contributed by atoms with Crippen LogP contribution in [0, 0.1) is 5.82 Å². The molecule has 0 aliphatic carbocycles. The zero-order chi connectivity index (χ0) is 13.3. The molecule has 1 atom stereocenters. The summed E-state index contributed by atoms with van der Waals surface area (Å²) in [7, 11) is 0. The van der Waals surface area contributed by atoms with E-state index >= 15 is 0 Å². The first-order valence-electron chi connectivity index (χ1n) is 5.11. The summed E-state index contributed by atoms with van der Waals surface area (Å²) in [5.74, 6) is 4.40. The van der Waals surface area contributed by atoms with Crippen molar-refractivity contribution in [3.63, 3.8) is 0 Å². The van der Waals surface area contributed by atoms with Crippen LogP contribution in [0.15, 0.2) is 28.7 Å². The van der Waals surface area contributed by atoms with Crippen molar-refractivity contribution in [3.8, 4) is 0 Å². The van der Waals surface area contributed by atoms with Gasteiger partial charge in [0.25, 0.3) is 0 Å². The van der Waals surface area contributed by atoms with Crippen LogP contribution in [0.4, 0.5) is 17.6 Å². The van der Waals surface area contributed by atoms with E-state index in [9.17, 15) is 17.6 Å². The first kappa shape index (κ1) is 12.8. The van der Waals surface area contributed by atoms with E-state index in [1.807, 2.05) is 5.43 Å². The maximum Gasteiger partial charge on any atom is 0.391 e. The number of hydrogen-bond donors (Lipinski definition) is 2. The number of para-hydroxylation sites is 1. The zero-order valence-corrected chi connectivity index (χ0v) is 9.09. The van der Waals surface area contributed by atoms with Gasteiger partial charge in [-0.2, -0.15) is 13.2 Å². The quantitative estimate of drug-likeness (QED) is 0.508. The van der Waals surface area contributed by atoms with Crippen LogP contribution in [-0.2, 0) is 0 Å². The molecule has 0 saturated heterocycles. The number of furan rings is 1. The van der Waals surface area contributed by atoms with Crippen LogP contribution in [0.2, 0.25) is 0 Å². The minimum absolute atomic E-state index is 0.0464. The highest BCUT2D eigenvalue weighted by Gasteiger charge is 2.33. The Balaban J connectivity index is 2.37. The first-order chi connectivity index (χ1) is 8.40. The highest BCUT2D eigenvalue weighted by atomic mass is 19.4. The van der Waals surface area contributed by atoms with Gasteiger partial charge < -0.3 is 4.42 Å². The molecule has 0 radical (unpaired) electrons. The number of rotatable bonds is 3. The Morgan fingerprint density at radius 2 is 2.06 bits per heavy atom. The first-order valence-corrected chi connectivity index (χ1v) is 5.11. The minimum atomic E-state index is -4.39. The monoisotopic (exact) mass is 262 g/mol. The summed E-state index contributed by atoms with van der Waals surface area (Å²) in [4.78, 5) is 0. The van der Waals surface area contributed by atoms with E-state index in [1.54, 1.807) is 6.07 Å². The summed E-state index contributed by atoms with van der Waals surface area (Å²) in [6.07, 6.45) is -5.58. The molecule has 7 heteroatoms. The van der Waals surface area contributed by atoms with Gasteiger partial charge in [0.1, 0.15) is 5.76 Å². The average molecular weight is 262 g/mol. The van der Waals surface area contributed by atoms with Crippen molar-refractivity contribution in [3.05, 3.63) is 35.8 Å². The second kappa shape index (κ2) is 4.58. The molecule has 0 spiro atoms. The number of hydrogen-bond acceptors (Lipinski definition) is 3. The van der Waals surface area contributed by atoms with Crippen LogP contribution in [0.1, 0.15) is 18.2 Å². The van der Waals surface area contributed by atoms with Crippen molar-refractivity contribution in [2.75, 3.05) is 0 Å². The second-order valence-corrected chi connectivity index (χ2v) is 3.85. The third-order valence-electron chi connectivity index (χ3n) is 2.50. The molecule has 1 aromatic carbocycles.